The van der Waals surface area contributed by atoms with Crippen LogP contribution in [0.4, 0.5) is 5.69 Å². The first-order valence-electron chi connectivity index (χ1n) is 10.7. The van der Waals surface area contributed by atoms with Gasteiger partial charge in [0.05, 0.1) is 30.4 Å². The van der Waals surface area contributed by atoms with Crippen molar-refractivity contribution < 1.29 is 33.5 Å². The lowest BCUT2D eigenvalue weighted by Crippen LogP contribution is -2.24. The molecule has 0 fully saturated rings. The molecule has 0 aliphatic heterocycles. The van der Waals surface area contributed by atoms with Crippen molar-refractivity contribution in [2.24, 2.45) is 5.10 Å². The van der Waals surface area contributed by atoms with Gasteiger partial charge in [0.25, 0.3) is 11.6 Å². The van der Waals surface area contributed by atoms with Crippen molar-refractivity contribution in [1.82, 2.24) is 5.43 Å². The number of hydrogen-bond acceptors (Lipinski definition) is 9. The molecular formula is C25H23N3O8. The molecule has 186 valence electrons. The number of nitro benzene ring substituents is 1. The van der Waals surface area contributed by atoms with Gasteiger partial charge in [0, 0.05) is 12.1 Å². The highest BCUT2D eigenvalue weighted by Crippen LogP contribution is 2.28. The van der Waals surface area contributed by atoms with E-state index in [0.717, 1.165) is 0 Å². The molecule has 0 aliphatic rings. The maximum atomic E-state index is 12.5. The molecule has 11 nitrogen and oxygen atoms in total. The summed E-state index contributed by atoms with van der Waals surface area (Å²) in [5.74, 6) is 0.385. The Morgan fingerprint density at radius 3 is 2.28 bits per heavy atom. The number of benzene rings is 3. The highest BCUT2D eigenvalue weighted by molar-refractivity contribution is 5.92. The van der Waals surface area contributed by atoms with Crippen LogP contribution in [0.5, 0.6) is 23.0 Å². The molecule has 11 heteroatoms. The first kappa shape index (κ1) is 25.7. The number of nitro groups is 1. The molecule has 0 heterocycles. The van der Waals surface area contributed by atoms with Gasteiger partial charge in [-0.3, -0.25) is 14.9 Å². The number of methoxy groups -OCH3 is 1. The maximum Gasteiger partial charge on any atom is 0.343 e. The molecule has 0 atom stereocenters. The summed E-state index contributed by atoms with van der Waals surface area (Å²) >= 11 is 0. The SMILES string of the molecule is CCOc1ccc(C(=O)Oc2ccc(/C=N/NC(=O)COc3ccc([N+](=O)[O-])cc3)cc2OC)cc1. The van der Waals surface area contributed by atoms with E-state index in [1.165, 1.54) is 37.6 Å². The first-order chi connectivity index (χ1) is 17.4. The van der Waals surface area contributed by atoms with Crippen molar-refractivity contribution >= 4 is 23.8 Å². The maximum absolute atomic E-state index is 12.5. The van der Waals surface area contributed by atoms with Crippen LogP contribution >= 0.6 is 0 Å². The molecule has 0 spiro atoms. The zero-order valence-electron chi connectivity index (χ0n) is 19.5. The average Bonchev–Trinajstić information content (AvgIpc) is 2.89. The standard InChI is InChI=1S/C25H23N3O8/c1-3-34-20-9-5-18(6-10-20)25(30)36-22-13-4-17(14-23(22)33-2)15-26-27-24(29)16-35-21-11-7-19(8-12-21)28(31)32/h4-15H,3,16H2,1-2H3,(H,27,29)/b26-15+. The smallest absolute Gasteiger partial charge is 0.343 e. The van der Waals surface area contributed by atoms with Crippen molar-refractivity contribution in [2.75, 3.05) is 20.3 Å². The van der Waals surface area contributed by atoms with E-state index >= 15 is 0 Å². The van der Waals surface area contributed by atoms with Crippen molar-refractivity contribution in [3.8, 4) is 23.0 Å². The lowest BCUT2D eigenvalue weighted by molar-refractivity contribution is -0.384. The number of rotatable bonds is 11. The van der Waals surface area contributed by atoms with Gasteiger partial charge in [-0.1, -0.05) is 0 Å². The third kappa shape index (κ3) is 7.29. The summed E-state index contributed by atoms with van der Waals surface area (Å²) in [6, 6.07) is 16.7. The predicted octanol–water partition coefficient (Wildman–Crippen LogP) is 3.75. The summed E-state index contributed by atoms with van der Waals surface area (Å²) in [7, 11) is 1.43. The van der Waals surface area contributed by atoms with Gasteiger partial charge in [-0.05, 0) is 67.1 Å². The van der Waals surface area contributed by atoms with Gasteiger partial charge in [0.1, 0.15) is 11.5 Å². The number of nitrogens with zero attached hydrogens (tertiary/aromatic N) is 2. The zero-order valence-corrected chi connectivity index (χ0v) is 19.5. The van der Waals surface area contributed by atoms with Crippen LogP contribution in [-0.4, -0.2) is 43.3 Å². The number of hydrazone groups is 1. The Kier molecular flexibility index (Phi) is 8.93. The van der Waals surface area contributed by atoms with E-state index in [4.69, 9.17) is 18.9 Å². The fraction of sp³-hybridized carbons (Fsp3) is 0.160. The van der Waals surface area contributed by atoms with Crippen LogP contribution in [-0.2, 0) is 4.79 Å². The molecule has 0 saturated heterocycles. The third-order valence-electron chi connectivity index (χ3n) is 4.61. The number of ether oxygens (including phenoxy) is 4. The fourth-order valence-corrected chi connectivity index (χ4v) is 2.89. The normalized spacial score (nSPS) is 10.5. The highest BCUT2D eigenvalue weighted by atomic mass is 16.6. The van der Waals surface area contributed by atoms with Gasteiger partial charge in [-0.2, -0.15) is 5.10 Å². The molecule has 0 saturated carbocycles. The van der Waals surface area contributed by atoms with Crippen LogP contribution in [0.1, 0.15) is 22.8 Å². The van der Waals surface area contributed by atoms with Crippen LogP contribution in [0.2, 0.25) is 0 Å². The summed E-state index contributed by atoms with van der Waals surface area (Å²) in [6.07, 6.45) is 1.38. The van der Waals surface area contributed by atoms with Crippen molar-refractivity contribution in [3.63, 3.8) is 0 Å². The van der Waals surface area contributed by atoms with Gasteiger partial charge >= 0.3 is 5.97 Å². The summed E-state index contributed by atoms with van der Waals surface area (Å²) in [5, 5.41) is 14.5. The fourth-order valence-electron chi connectivity index (χ4n) is 2.89. The molecule has 1 amide bonds. The zero-order chi connectivity index (χ0) is 25.9. The van der Waals surface area contributed by atoms with Crippen LogP contribution in [0.15, 0.2) is 71.8 Å². The number of amides is 1. The second kappa shape index (κ2) is 12.5. The number of non-ortho nitro benzene ring substituents is 1. The summed E-state index contributed by atoms with van der Waals surface area (Å²) < 4.78 is 21.4. The second-order valence-corrected chi connectivity index (χ2v) is 7.09. The molecule has 3 aromatic carbocycles. The second-order valence-electron chi connectivity index (χ2n) is 7.09. The van der Waals surface area contributed by atoms with Crippen molar-refractivity contribution in [1.29, 1.82) is 0 Å². The van der Waals surface area contributed by atoms with Gasteiger partial charge in [0.15, 0.2) is 18.1 Å². The predicted molar refractivity (Wildman–Crippen MR) is 130 cm³/mol. The minimum Gasteiger partial charge on any atom is -0.494 e. The molecule has 0 aliphatic carbocycles. The number of nitrogens with one attached hydrogen (secondary N) is 1. The van der Waals surface area contributed by atoms with Crippen molar-refractivity contribution in [2.45, 2.75) is 6.92 Å². The van der Waals surface area contributed by atoms with E-state index in [1.807, 2.05) is 6.92 Å². The van der Waals surface area contributed by atoms with Gasteiger partial charge in [-0.25, -0.2) is 10.2 Å². The Balaban J connectivity index is 1.53. The molecule has 0 aromatic heterocycles. The van der Waals surface area contributed by atoms with Crippen LogP contribution < -0.4 is 24.4 Å². The van der Waals surface area contributed by atoms with E-state index in [0.29, 0.717) is 35.0 Å². The third-order valence-corrected chi connectivity index (χ3v) is 4.61. The van der Waals surface area contributed by atoms with E-state index in [-0.39, 0.29) is 18.0 Å². The summed E-state index contributed by atoms with van der Waals surface area (Å²) in [6.45, 7) is 2.06. The molecule has 3 aromatic rings. The molecule has 1 N–H and O–H groups in total. The summed E-state index contributed by atoms with van der Waals surface area (Å²) in [4.78, 5) is 34.5. The Morgan fingerprint density at radius 1 is 0.972 bits per heavy atom. The van der Waals surface area contributed by atoms with Crippen molar-refractivity contribution in [3.05, 3.63) is 88.0 Å². The molecule has 0 unspecified atom stereocenters. The van der Waals surface area contributed by atoms with E-state index in [1.54, 1.807) is 42.5 Å². The number of carbonyl (C=O) groups excluding carboxylic acids is 2. The average molecular weight is 493 g/mol. The largest absolute Gasteiger partial charge is 0.494 e. The first-order valence-corrected chi connectivity index (χ1v) is 10.7. The molecule has 36 heavy (non-hydrogen) atoms. The van der Waals surface area contributed by atoms with Crippen LogP contribution in [0.25, 0.3) is 0 Å². The van der Waals surface area contributed by atoms with Crippen LogP contribution in [0, 0.1) is 10.1 Å². The lowest BCUT2D eigenvalue weighted by Gasteiger charge is -2.10. The topological polar surface area (TPSA) is 139 Å². The van der Waals surface area contributed by atoms with Gasteiger partial charge in [-0.15, -0.1) is 0 Å². The number of esters is 1. The van der Waals surface area contributed by atoms with E-state index < -0.39 is 16.8 Å². The Labute approximate surface area is 206 Å². The number of carbonyl (C=O) groups is 2. The molecule has 0 bridgehead atoms. The monoisotopic (exact) mass is 493 g/mol. The molecule has 3 rings (SSSR count). The van der Waals surface area contributed by atoms with E-state index in [2.05, 4.69) is 10.5 Å². The van der Waals surface area contributed by atoms with E-state index in [9.17, 15) is 19.7 Å². The minimum absolute atomic E-state index is 0.0798. The number of hydrogen-bond donors (Lipinski definition) is 1. The Bertz CT molecular complexity index is 1240. The Morgan fingerprint density at radius 2 is 1.64 bits per heavy atom. The van der Waals surface area contributed by atoms with Gasteiger partial charge < -0.3 is 18.9 Å². The Hall–Kier alpha value is -4.93. The lowest BCUT2D eigenvalue weighted by atomic mass is 10.2. The van der Waals surface area contributed by atoms with Gasteiger partial charge in [0.2, 0.25) is 0 Å². The quantitative estimate of drug-likeness (QED) is 0.140. The summed E-state index contributed by atoms with van der Waals surface area (Å²) in [5.41, 5.74) is 3.16. The van der Waals surface area contributed by atoms with Crippen LogP contribution in [0.3, 0.4) is 0 Å². The minimum atomic E-state index is -0.557. The molecule has 0 radical (unpaired) electrons. The highest BCUT2D eigenvalue weighted by Gasteiger charge is 2.13. The molecular weight excluding hydrogens is 470 g/mol.